The molecule has 2 unspecified atom stereocenters. The van der Waals surface area contributed by atoms with Crippen molar-refractivity contribution in [3.05, 3.63) is 109 Å². The minimum Gasteiger partial charge on any atom is -0.365 e. The zero-order chi connectivity index (χ0) is 25.3. The first-order valence-corrected chi connectivity index (χ1v) is 13.6. The Morgan fingerprint density at radius 2 is 1.13 bits per heavy atom. The van der Waals surface area contributed by atoms with Crippen LogP contribution in [0.4, 0.5) is 11.6 Å². The lowest BCUT2D eigenvalue weighted by atomic mass is 9.90. The molecule has 4 heteroatoms. The van der Waals surface area contributed by atoms with Crippen LogP contribution >= 0.6 is 0 Å². The first-order valence-electron chi connectivity index (χ1n) is 13.6. The molecule has 4 nitrogen and oxygen atoms in total. The van der Waals surface area contributed by atoms with Gasteiger partial charge in [0.1, 0.15) is 11.6 Å². The van der Waals surface area contributed by atoms with Crippen LogP contribution in [0.3, 0.4) is 0 Å². The lowest BCUT2D eigenvalue weighted by Gasteiger charge is -2.33. The van der Waals surface area contributed by atoms with Crippen molar-refractivity contribution in [1.82, 2.24) is 9.97 Å². The summed E-state index contributed by atoms with van der Waals surface area (Å²) in [6.07, 6.45) is 4.65. The predicted octanol–water partition coefficient (Wildman–Crippen LogP) is 8.44. The van der Waals surface area contributed by atoms with E-state index in [0.717, 1.165) is 35.7 Å². The fourth-order valence-corrected chi connectivity index (χ4v) is 5.95. The maximum atomic E-state index is 5.17. The number of benzene rings is 4. The van der Waals surface area contributed by atoms with E-state index in [-0.39, 0.29) is 6.04 Å². The number of hydrogen-bond donors (Lipinski definition) is 2. The van der Waals surface area contributed by atoms with E-state index in [4.69, 9.17) is 9.97 Å². The van der Waals surface area contributed by atoms with Gasteiger partial charge >= 0.3 is 0 Å². The lowest BCUT2D eigenvalue weighted by Crippen LogP contribution is -2.42. The molecule has 2 atom stereocenters. The van der Waals surface area contributed by atoms with Gasteiger partial charge < -0.3 is 10.6 Å². The van der Waals surface area contributed by atoms with Gasteiger partial charge in [-0.2, -0.15) is 0 Å². The van der Waals surface area contributed by atoms with E-state index in [1.165, 1.54) is 45.3 Å². The van der Waals surface area contributed by atoms with Gasteiger partial charge in [0.25, 0.3) is 0 Å². The molecular formula is C34H30N4. The maximum Gasteiger partial charge on any atom is 0.126 e. The summed E-state index contributed by atoms with van der Waals surface area (Å²) in [4.78, 5) is 10.0. The van der Waals surface area contributed by atoms with Crippen molar-refractivity contribution in [2.24, 2.45) is 0 Å². The summed E-state index contributed by atoms with van der Waals surface area (Å²) in [5, 5.41) is 13.6. The summed E-state index contributed by atoms with van der Waals surface area (Å²) in [7, 11) is 0. The van der Waals surface area contributed by atoms with Crippen LogP contribution < -0.4 is 10.6 Å². The smallest absolute Gasteiger partial charge is 0.126 e. The van der Waals surface area contributed by atoms with Crippen molar-refractivity contribution in [3.63, 3.8) is 0 Å². The van der Waals surface area contributed by atoms with E-state index in [2.05, 4.69) is 114 Å². The third kappa shape index (κ3) is 4.32. The van der Waals surface area contributed by atoms with Crippen molar-refractivity contribution in [1.29, 1.82) is 0 Å². The molecule has 0 amide bonds. The van der Waals surface area contributed by atoms with Crippen molar-refractivity contribution >= 4 is 44.1 Å². The molecule has 1 aliphatic rings. The minimum atomic E-state index is 0.282. The highest BCUT2D eigenvalue weighted by Gasteiger charge is 2.26. The highest BCUT2D eigenvalue weighted by molar-refractivity contribution is 6.12. The zero-order valence-electron chi connectivity index (χ0n) is 21.3. The normalized spacial score (nSPS) is 17.6. The molecule has 186 valence electrons. The number of aromatic nitrogens is 2. The minimum absolute atomic E-state index is 0.282. The van der Waals surface area contributed by atoms with Crippen molar-refractivity contribution in [3.8, 4) is 11.3 Å². The number of rotatable bonds is 5. The van der Waals surface area contributed by atoms with E-state index in [1.807, 2.05) is 6.07 Å². The quantitative estimate of drug-likeness (QED) is 0.236. The molecule has 6 aromatic rings. The van der Waals surface area contributed by atoms with Gasteiger partial charge in [0.2, 0.25) is 0 Å². The fraction of sp³-hybridized carbons (Fsp3) is 0.176. The molecule has 7 rings (SSSR count). The second-order valence-corrected chi connectivity index (χ2v) is 10.3. The number of hydrogen-bond acceptors (Lipinski definition) is 4. The number of fused-ring (bicyclic) bond motifs is 3. The summed E-state index contributed by atoms with van der Waals surface area (Å²) >= 11 is 0. The van der Waals surface area contributed by atoms with Gasteiger partial charge in [0, 0.05) is 23.0 Å². The molecule has 38 heavy (non-hydrogen) atoms. The highest BCUT2D eigenvalue weighted by Crippen LogP contribution is 2.36. The van der Waals surface area contributed by atoms with Gasteiger partial charge in [-0.25, -0.2) is 9.97 Å². The molecule has 4 aromatic carbocycles. The average molecular weight is 495 g/mol. The van der Waals surface area contributed by atoms with Crippen LogP contribution in [-0.2, 0) is 0 Å². The van der Waals surface area contributed by atoms with Crippen LogP contribution in [0.1, 0.15) is 25.7 Å². The summed E-state index contributed by atoms with van der Waals surface area (Å²) in [5.74, 6) is 1.86. The molecule has 1 saturated carbocycles. The Balaban J connectivity index is 1.21. The molecule has 0 aliphatic heterocycles. The Labute approximate surface area is 222 Å². The van der Waals surface area contributed by atoms with Crippen LogP contribution in [0.2, 0.25) is 0 Å². The largest absolute Gasteiger partial charge is 0.365 e. The molecule has 1 aliphatic carbocycles. The summed E-state index contributed by atoms with van der Waals surface area (Å²) < 4.78 is 0. The van der Waals surface area contributed by atoms with Gasteiger partial charge in [-0.3, -0.25) is 0 Å². The Bertz CT molecular complexity index is 1710. The van der Waals surface area contributed by atoms with Gasteiger partial charge in [-0.05, 0) is 70.8 Å². The van der Waals surface area contributed by atoms with E-state index in [9.17, 15) is 0 Å². The standard InChI is InChI=1S/C34H30N4/c1-4-13-26-24(11-1)22-25-12-2-5-14-27(25)34(26)31-18-9-19-32(38-31)36-29-16-7-8-17-30(29)37-33-21-20-23-10-3-6-15-28(23)35-33/h1-6,9-15,18-22,29-30H,7-8,16-17H2,(H,35,37)(H,36,38). The Morgan fingerprint density at radius 3 is 1.84 bits per heavy atom. The number of nitrogens with zero attached hydrogens (tertiary/aromatic N) is 2. The maximum absolute atomic E-state index is 5.17. The van der Waals surface area contributed by atoms with Crippen LogP contribution in [0.15, 0.2) is 109 Å². The van der Waals surface area contributed by atoms with Gasteiger partial charge in [-0.1, -0.05) is 85.6 Å². The molecule has 0 saturated heterocycles. The summed E-state index contributed by atoms with van der Waals surface area (Å²) in [6.45, 7) is 0. The van der Waals surface area contributed by atoms with Crippen LogP contribution in [0, 0.1) is 0 Å². The van der Waals surface area contributed by atoms with Gasteiger partial charge in [-0.15, -0.1) is 0 Å². The highest BCUT2D eigenvalue weighted by atomic mass is 15.1. The first-order chi connectivity index (χ1) is 18.8. The van der Waals surface area contributed by atoms with Crippen molar-refractivity contribution in [2.45, 2.75) is 37.8 Å². The second kappa shape index (κ2) is 9.79. The second-order valence-electron chi connectivity index (χ2n) is 10.3. The molecule has 0 spiro atoms. The van der Waals surface area contributed by atoms with Crippen LogP contribution in [-0.4, -0.2) is 22.1 Å². The summed E-state index contributed by atoms with van der Waals surface area (Å²) in [5.41, 5.74) is 3.22. The molecule has 0 radical (unpaired) electrons. The van der Waals surface area contributed by atoms with Crippen molar-refractivity contribution in [2.75, 3.05) is 10.6 Å². The first kappa shape index (κ1) is 22.7. The van der Waals surface area contributed by atoms with E-state index >= 15 is 0 Å². The SMILES string of the molecule is c1cc(NC2CCCCC2Nc2ccc3ccccc3n2)nc(-c2c3ccccc3cc3ccccc23)c1. The monoisotopic (exact) mass is 494 g/mol. The van der Waals surface area contributed by atoms with Gasteiger partial charge in [0.05, 0.1) is 11.2 Å². The van der Waals surface area contributed by atoms with Gasteiger partial charge in [0.15, 0.2) is 0 Å². The van der Waals surface area contributed by atoms with E-state index in [1.54, 1.807) is 0 Å². The fourth-order valence-electron chi connectivity index (χ4n) is 5.95. The van der Waals surface area contributed by atoms with Crippen LogP contribution in [0.25, 0.3) is 43.7 Å². The molecule has 2 N–H and O–H groups in total. The zero-order valence-corrected chi connectivity index (χ0v) is 21.3. The molecular weight excluding hydrogens is 464 g/mol. The van der Waals surface area contributed by atoms with Crippen LogP contribution in [0.5, 0.6) is 0 Å². The van der Waals surface area contributed by atoms with E-state index < -0.39 is 0 Å². The number of nitrogens with one attached hydrogen (secondary N) is 2. The third-order valence-corrected chi connectivity index (χ3v) is 7.81. The number of pyridine rings is 2. The number of para-hydroxylation sites is 1. The Hall–Kier alpha value is -4.44. The summed E-state index contributed by atoms with van der Waals surface area (Å²) in [6, 6.07) is 38.9. The van der Waals surface area contributed by atoms with Crippen molar-refractivity contribution < 1.29 is 0 Å². The molecule has 2 heterocycles. The Morgan fingerprint density at radius 1 is 0.526 bits per heavy atom. The lowest BCUT2D eigenvalue weighted by molar-refractivity contribution is 0.422. The predicted molar refractivity (Wildman–Crippen MR) is 160 cm³/mol. The molecule has 0 bridgehead atoms. The third-order valence-electron chi connectivity index (χ3n) is 7.81. The number of anilines is 2. The molecule has 1 fully saturated rings. The average Bonchev–Trinajstić information content (AvgIpc) is 2.97. The van der Waals surface area contributed by atoms with E-state index in [0.29, 0.717) is 6.04 Å². The Kier molecular flexibility index (Phi) is 5.86. The topological polar surface area (TPSA) is 49.8 Å². The molecule has 2 aromatic heterocycles.